The Labute approximate surface area is 82.2 Å². The lowest BCUT2D eigenvalue weighted by atomic mass is 9.87. The van der Waals surface area contributed by atoms with Crippen LogP contribution in [0.2, 0.25) is 0 Å². The molecular weight excluding hydrogens is 218 g/mol. The lowest BCUT2D eigenvalue weighted by Gasteiger charge is -2.33. The van der Waals surface area contributed by atoms with Crippen molar-refractivity contribution in [1.29, 1.82) is 0 Å². The Morgan fingerprint density at radius 2 is 2.42 bits per heavy atom. The van der Waals surface area contributed by atoms with Gasteiger partial charge in [0.25, 0.3) is 0 Å². The van der Waals surface area contributed by atoms with Crippen molar-refractivity contribution in [2.45, 2.75) is 37.3 Å². The molecule has 3 heteroatoms. The van der Waals surface area contributed by atoms with E-state index in [1.165, 1.54) is 32.2 Å². The van der Waals surface area contributed by atoms with Crippen molar-refractivity contribution < 1.29 is 4.74 Å². The zero-order valence-electron chi connectivity index (χ0n) is 7.31. The molecule has 0 radical (unpaired) electrons. The molecule has 0 aliphatic carbocycles. The lowest BCUT2D eigenvalue weighted by Crippen LogP contribution is -2.49. The van der Waals surface area contributed by atoms with Gasteiger partial charge >= 0.3 is 0 Å². The van der Waals surface area contributed by atoms with E-state index < -0.39 is 0 Å². The van der Waals surface area contributed by atoms with E-state index in [1.54, 1.807) is 0 Å². The average molecular weight is 234 g/mol. The van der Waals surface area contributed by atoms with Gasteiger partial charge in [-0.15, -0.1) is 0 Å². The molecule has 0 aromatic heterocycles. The Morgan fingerprint density at radius 1 is 1.50 bits per heavy atom. The quantitative estimate of drug-likeness (QED) is 0.697. The highest BCUT2D eigenvalue weighted by molar-refractivity contribution is 9.09. The summed E-state index contributed by atoms with van der Waals surface area (Å²) < 4.78 is 5.69. The van der Waals surface area contributed by atoms with Crippen LogP contribution in [-0.2, 0) is 4.74 Å². The summed E-state index contributed by atoms with van der Waals surface area (Å²) in [6.45, 7) is 2.10. The van der Waals surface area contributed by atoms with Crippen LogP contribution in [-0.4, -0.2) is 30.1 Å². The molecule has 2 atom stereocenters. The van der Waals surface area contributed by atoms with Crippen molar-refractivity contribution in [1.82, 2.24) is 5.32 Å². The molecule has 12 heavy (non-hydrogen) atoms. The van der Waals surface area contributed by atoms with Crippen LogP contribution in [0.5, 0.6) is 0 Å². The summed E-state index contributed by atoms with van der Waals surface area (Å²) in [4.78, 5) is 0. The number of alkyl halides is 1. The Hall–Kier alpha value is 0.400. The van der Waals surface area contributed by atoms with Crippen molar-refractivity contribution in [2.75, 3.05) is 18.5 Å². The Morgan fingerprint density at radius 3 is 3.00 bits per heavy atom. The first-order valence-electron chi connectivity index (χ1n) is 4.77. The fourth-order valence-corrected chi connectivity index (χ4v) is 2.67. The van der Waals surface area contributed by atoms with Crippen molar-refractivity contribution in [3.05, 3.63) is 0 Å². The zero-order chi connectivity index (χ0) is 8.44. The third-order valence-corrected chi connectivity index (χ3v) is 3.69. The van der Waals surface area contributed by atoms with E-state index in [2.05, 4.69) is 21.2 Å². The molecule has 2 rings (SSSR count). The number of halogens is 1. The molecule has 2 nitrogen and oxygen atoms in total. The molecule has 2 aliphatic heterocycles. The van der Waals surface area contributed by atoms with Gasteiger partial charge in [0, 0.05) is 10.9 Å². The molecule has 2 saturated heterocycles. The average Bonchev–Trinajstić information content (AvgIpc) is 2.50. The third-order valence-electron chi connectivity index (χ3n) is 2.97. The number of hydrogen-bond donors (Lipinski definition) is 1. The summed E-state index contributed by atoms with van der Waals surface area (Å²) in [5.74, 6) is 0. The van der Waals surface area contributed by atoms with E-state index >= 15 is 0 Å². The zero-order valence-corrected chi connectivity index (χ0v) is 8.90. The van der Waals surface area contributed by atoms with Gasteiger partial charge in [0.05, 0.1) is 12.7 Å². The Bertz CT molecular complexity index is 157. The van der Waals surface area contributed by atoms with Crippen molar-refractivity contribution >= 4 is 15.9 Å². The minimum Gasteiger partial charge on any atom is -0.375 e. The first-order valence-corrected chi connectivity index (χ1v) is 5.89. The molecule has 0 unspecified atom stereocenters. The van der Waals surface area contributed by atoms with Gasteiger partial charge in [0.1, 0.15) is 0 Å². The van der Waals surface area contributed by atoms with Crippen LogP contribution in [0.1, 0.15) is 25.7 Å². The highest BCUT2D eigenvalue weighted by Crippen LogP contribution is 2.31. The van der Waals surface area contributed by atoms with Crippen LogP contribution in [0.15, 0.2) is 0 Å². The number of nitrogens with one attached hydrogen (secondary N) is 1. The van der Waals surface area contributed by atoms with Gasteiger partial charge in [-0.3, -0.25) is 0 Å². The summed E-state index contributed by atoms with van der Waals surface area (Å²) in [5, 5.41) is 4.60. The van der Waals surface area contributed by atoms with Gasteiger partial charge in [0.15, 0.2) is 0 Å². The van der Waals surface area contributed by atoms with Crippen LogP contribution >= 0.6 is 15.9 Å². The molecular formula is C9H16BrNO. The molecule has 2 heterocycles. The van der Waals surface area contributed by atoms with E-state index in [0.29, 0.717) is 11.6 Å². The van der Waals surface area contributed by atoms with Crippen LogP contribution in [0, 0.1) is 0 Å². The fourth-order valence-electron chi connectivity index (χ4n) is 2.26. The summed E-state index contributed by atoms with van der Waals surface area (Å²) in [7, 11) is 0. The van der Waals surface area contributed by atoms with Gasteiger partial charge in [-0.05, 0) is 25.8 Å². The number of ether oxygens (including phenoxy) is 1. The first-order chi connectivity index (χ1) is 5.85. The number of piperidine rings is 1. The maximum absolute atomic E-state index is 5.69. The van der Waals surface area contributed by atoms with E-state index in [4.69, 9.17) is 4.74 Å². The predicted molar refractivity (Wildman–Crippen MR) is 52.7 cm³/mol. The molecule has 1 N–H and O–H groups in total. The van der Waals surface area contributed by atoms with Gasteiger partial charge in [-0.25, -0.2) is 0 Å². The first kappa shape index (κ1) is 8.97. The maximum atomic E-state index is 5.69. The summed E-state index contributed by atoms with van der Waals surface area (Å²) in [6, 6.07) is 0. The normalized spacial score (nSPS) is 42.2. The predicted octanol–water partition coefficient (Wildman–Crippen LogP) is 1.68. The van der Waals surface area contributed by atoms with Crippen LogP contribution in [0.3, 0.4) is 0 Å². The molecule has 2 aliphatic rings. The molecule has 0 saturated carbocycles. The fraction of sp³-hybridized carbons (Fsp3) is 1.00. The van der Waals surface area contributed by atoms with E-state index in [0.717, 1.165) is 11.9 Å². The number of hydrogen-bond acceptors (Lipinski definition) is 2. The highest BCUT2D eigenvalue weighted by Gasteiger charge is 2.40. The monoisotopic (exact) mass is 233 g/mol. The Balaban J connectivity index is 1.94. The SMILES string of the molecule is BrC[C@H]1C[C@@]2(CCCCN2)CO1. The highest BCUT2D eigenvalue weighted by atomic mass is 79.9. The molecule has 1 spiro atoms. The van der Waals surface area contributed by atoms with Crippen LogP contribution in [0.25, 0.3) is 0 Å². The topological polar surface area (TPSA) is 21.3 Å². The van der Waals surface area contributed by atoms with E-state index in [1.807, 2.05) is 0 Å². The van der Waals surface area contributed by atoms with Crippen molar-refractivity contribution in [2.24, 2.45) is 0 Å². The minimum absolute atomic E-state index is 0.344. The molecule has 0 aromatic rings. The van der Waals surface area contributed by atoms with Crippen LogP contribution < -0.4 is 5.32 Å². The maximum Gasteiger partial charge on any atom is 0.0691 e. The van der Waals surface area contributed by atoms with Gasteiger partial charge < -0.3 is 10.1 Å². The second-order valence-electron chi connectivity index (χ2n) is 3.96. The summed E-state index contributed by atoms with van der Waals surface area (Å²) in [5.41, 5.74) is 0.344. The lowest BCUT2D eigenvalue weighted by molar-refractivity contribution is 0.111. The number of rotatable bonds is 1. The molecule has 70 valence electrons. The minimum atomic E-state index is 0.344. The standard InChI is InChI=1S/C9H16BrNO/c10-6-8-5-9(7-12-8)3-1-2-4-11-9/h8,11H,1-7H2/t8-,9+/m1/s1. The van der Waals surface area contributed by atoms with Gasteiger partial charge in [-0.1, -0.05) is 22.4 Å². The van der Waals surface area contributed by atoms with Gasteiger partial charge in [-0.2, -0.15) is 0 Å². The van der Waals surface area contributed by atoms with Crippen molar-refractivity contribution in [3.8, 4) is 0 Å². The van der Waals surface area contributed by atoms with E-state index in [-0.39, 0.29) is 0 Å². The summed E-state index contributed by atoms with van der Waals surface area (Å²) >= 11 is 3.47. The second-order valence-corrected chi connectivity index (χ2v) is 4.60. The molecule has 0 aromatic carbocycles. The molecule has 2 fully saturated rings. The van der Waals surface area contributed by atoms with Crippen molar-refractivity contribution in [3.63, 3.8) is 0 Å². The second kappa shape index (κ2) is 3.64. The van der Waals surface area contributed by atoms with E-state index in [9.17, 15) is 0 Å². The van der Waals surface area contributed by atoms with Gasteiger partial charge in [0.2, 0.25) is 0 Å². The molecule has 0 bridgehead atoms. The Kier molecular flexibility index (Phi) is 2.72. The summed E-state index contributed by atoms with van der Waals surface area (Å²) in [6.07, 6.45) is 5.64. The molecule has 0 amide bonds. The smallest absolute Gasteiger partial charge is 0.0691 e. The van der Waals surface area contributed by atoms with Crippen LogP contribution in [0.4, 0.5) is 0 Å². The third kappa shape index (κ3) is 1.68. The largest absolute Gasteiger partial charge is 0.375 e.